The molecule has 176 valence electrons. The summed E-state index contributed by atoms with van der Waals surface area (Å²) < 4.78 is 57.3. The summed E-state index contributed by atoms with van der Waals surface area (Å²) in [5.41, 5.74) is 2.57. The normalized spacial score (nSPS) is 15.4. The molecule has 1 N–H and O–H groups in total. The lowest BCUT2D eigenvalue weighted by molar-refractivity contribution is 0.498. The Morgan fingerprint density at radius 2 is 1.91 bits per heavy atom. The Bertz CT molecular complexity index is 1600. The van der Waals surface area contributed by atoms with Crippen molar-refractivity contribution in [2.45, 2.75) is 18.4 Å². The van der Waals surface area contributed by atoms with Crippen LogP contribution in [0, 0.1) is 11.6 Å². The molecular weight excluding hydrogens is 474 g/mol. The zero-order valence-electron chi connectivity index (χ0n) is 18.1. The van der Waals surface area contributed by atoms with E-state index in [0.29, 0.717) is 35.4 Å². The summed E-state index contributed by atoms with van der Waals surface area (Å²) in [4.78, 5) is 13.3. The molecule has 1 atom stereocenters. The fourth-order valence-corrected chi connectivity index (χ4v) is 4.84. The molecule has 6 rings (SSSR count). The van der Waals surface area contributed by atoms with E-state index in [-0.39, 0.29) is 5.56 Å². The number of hydrogen-bond acceptors (Lipinski definition) is 5. The van der Waals surface area contributed by atoms with E-state index in [1.807, 2.05) is 29.0 Å². The summed E-state index contributed by atoms with van der Waals surface area (Å²) >= 11 is -2.50. The first-order valence-corrected chi connectivity index (χ1v) is 11.8. The molecule has 5 aromatic rings. The molecule has 0 spiro atoms. The molecule has 2 aromatic carbocycles. The van der Waals surface area contributed by atoms with Crippen LogP contribution < -0.4 is 4.72 Å². The fourth-order valence-electron chi connectivity index (χ4n) is 4.21. The maximum atomic E-state index is 14.7. The second-order valence-corrected chi connectivity index (χ2v) is 9.07. The highest BCUT2D eigenvalue weighted by atomic mass is 32.2. The van der Waals surface area contributed by atoms with Crippen LogP contribution in [-0.4, -0.2) is 32.8 Å². The first-order valence-electron chi connectivity index (χ1n) is 10.7. The highest BCUT2D eigenvalue weighted by Gasteiger charge is 2.46. The number of nitrogens with one attached hydrogen (secondary N) is 1. The van der Waals surface area contributed by atoms with Crippen LogP contribution in [0.3, 0.4) is 0 Å². The number of benzene rings is 2. The Morgan fingerprint density at radius 1 is 1.06 bits per heavy atom. The Balaban J connectivity index is 1.51. The van der Waals surface area contributed by atoms with Gasteiger partial charge >= 0.3 is 0 Å². The molecular formula is C24H17F2N6O2S-. The van der Waals surface area contributed by atoms with Gasteiger partial charge in [0.1, 0.15) is 23.8 Å². The van der Waals surface area contributed by atoms with E-state index in [0.717, 1.165) is 17.3 Å². The minimum Gasteiger partial charge on any atom is -0.760 e. The van der Waals surface area contributed by atoms with Gasteiger partial charge in [0.05, 0.1) is 28.6 Å². The smallest absolute Gasteiger partial charge is 0.139 e. The summed E-state index contributed by atoms with van der Waals surface area (Å²) in [5.74, 6) is -0.972. The van der Waals surface area contributed by atoms with E-state index in [1.165, 1.54) is 12.1 Å². The van der Waals surface area contributed by atoms with Gasteiger partial charge in [0.2, 0.25) is 0 Å². The second kappa shape index (κ2) is 8.15. The van der Waals surface area contributed by atoms with Crippen LogP contribution in [0.1, 0.15) is 18.5 Å². The van der Waals surface area contributed by atoms with Crippen LogP contribution in [0.5, 0.6) is 0 Å². The fraction of sp³-hybridized carbons (Fsp3) is 0.125. The monoisotopic (exact) mass is 491 g/mol. The van der Waals surface area contributed by atoms with Gasteiger partial charge in [-0.3, -0.25) is 8.78 Å². The summed E-state index contributed by atoms with van der Waals surface area (Å²) in [6.45, 7) is 0. The van der Waals surface area contributed by atoms with E-state index >= 15 is 0 Å². The lowest BCUT2D eigenvalue weighted by atomic mass is 10.0. The zero-order valence-corrected chi connectivity index (χ0v) is 18.9. The van der Waals surface area contributed by atoms with Crippen LogP contribution in [0.2, 0.25) is 0 Å². The van der Waals surface area contributed by atoms with Crippen molar-refractivity contribution in [1.29, 1.82) is 0 Å². The maximum absolute atomic E-state index is 14.7. The van der Waals surface area contributed by atoms with Crippen LogP contribution >= 0.6 is 0 Å². The van der Waals surface area contributed by atoms with Gasteiger partial charge in [-0.05, 0) is 60.9 Å². The van der Waals surface area contributed by atoms with Crippen LogP contribution in [-0.2, 0) is 16.8 Å². The third-order valence-electron chi connectivity index (χ3n) is 6.15. The zero-order chi connectivity index (χ0) is 24.2. The number of imidazole rings is 2. The summed E-state index contributed by atoms with van der Waals surface area (Å²) in [6, 6.07) is 12.4. The topological polar surface area (TPSA) is 101 Å². The largest absolute Gasteiger partial charge is 0.760 e. The van der Waals surface area contributed by atoms with E-state index < -0.39 is 28.4 Å². The number of halogens is 2. The minimum absolute atomic E-state index is 0.183. The van der Waals surface area contributed by atoms with Crippen molar-refractivity contribution < 1.29 is 17.5 Å². The second-order valence-electron chi connectivity index (χ2n) is 8.40. The lowest BCUT2D eigenvalue weighted by Crippen LogP contribution is -2.31. The third-order valence-corrected chi connectivity index (χ3v) is 6.71. The molecule has 35 heavy (non-hydrogen) atoms. The van der Waals surface area contributed by atoms with E-state index in [2.05, 4.69) is 14.7 Å². The molecule has 0 radical (unpaired) electrons. The van der Waals surface area contributed by atoms with Gasteiger partial charge in [-0.1, -0.05) is 0 Å². The number of rotatable bonds is 6. The van der Waals surface area contributed by atoms with E-state index in [1.54, 1.807) is 35.6 Å². The summed E-state index contributed by atoms with van der Waals surface area (Å²) in [6.07, 6.45) is 7.93. The Hall–Kier alpha value is -3.80. The van der Waals surface area contributed by atoms with Gasteiger partial charge in [-0.15, -0.1) is 0 Å². The molecule has 0 aliphatic heterocycles. The molecule has 8 nitrogen and oxygen atoms in total. The Morgan fingerprint density at radius 3 is 2.63 bits per heavy atom. The average Bonchev–Trinajstić information content (AvgIpc) is 3.22. The number of nitrogens with zero attached hydrogens (tertiary/aromatic N) is 5. The van der Waals surface area contributed by atoms with Crippen molar-refractivity contribution >= 4 is 22.3 Å². The van der Waals surface area contributed by atoms with Crippen molar-refractivity contribution in [1.82, 2.24) is 28.8 Å². The highest BCUT2D eigenvalue weighted by Crippen LogP contribution is 2.46. The van der Waals surface area contributed by atoms with Gasteiger partial charge in [0.15, 0.2) is 0 Å². The van der Waals surface area contributed by atoms with Gasteiger partial charge in [-0.2, -0.15) is 0 Å². The minimum atomic E-state index is -2.50. The van der Waals surface area contributed by atoms with E-state index in [9.17, 15) is 17.5 Å². The maximum Gasteiger partial charge on any atom is 0.139 e. The highest BCUT2D eigenvalue weighted by molar-refractivity contribution is 7.77. The Kier molecular flexibility index (Phi) is 5.06. The first kappa shape index (κ1) is 21.7. The van der Waals surface area contributed by atoms with E-state index in [4.69, 9.17) is 4.98 Å². The van der Waals surface area contributed by atoms with Crippen LogP contribution in [0.15, 0.2) is 73.6 Å². The molecule has 1 unspecified atom stereocenters. The van der Waals surface area contributed by atoms with Gasteiger partial charge < -0.3 is 9.12 Å². The molecule has 3 aromatic heterocycles. The molecule has 1 fully saturated rings. The third kappa shape index (κ3) is 3.93. The molecule has 1 saturated carbocycles. The van der Waals surface area contributed by atoms with Gasteiger partial charge in [0, 0.05) is 41.0 Å². The van der Waals surface area contributed by atoms with Crippen LogP contribution in [0.25, 0.3) is 33.7 Å². The molecule has 1 aliphatic carbocycles. The van der Waals surface area contributed by atoms with Crippen molar-refractivity contribution in [3.63, 3.8) is 0 Å². The SMILES string of the molecule is O=S([O-])NC1(c2cc(-c3ccc(F)cc3F)cc(-n3cnc4cc(-n5ccnc5)ccc43)n2)CC1. The molecule has 3 heterocycles. The van der Waals surface area contributed by atoms with Crippen molar-refractivity contribution in [3.05, 3.63) is 90.9 Å². The standard InChI is InChI=1S/C24H18F2N6O2S/c25-16-1-3-18(19(26)11-16)15-9-22(24(5-6-24)30-35(33)34)29-23(10-15)32-14-28-20-12-17(2-4-21(20)32)31-8-7-27-13-31/h1-4,7-14,30H,5-6H2,(H,33,34)/p-1. The lowest BCUT2D eigenvalue weighted by Gasteiger charge is -2.20. The van der Waals surface area contributed by atoms with Crippen LogP contribution in [0.4, 0.5) is 8.78 Å². The molecule has 0 bridgehead atoms. The number of fused-ring (bicyclic) bond motifs is 1. The first-order chi connectivity index (χ1) is 16.9. The van der Waals surface area contributed by atoms with Crippen molar-refractivity contribution in [2.75, 3.05) is 0 Å². The number of pyridine rings is 1. The molecule has 0 amide bonds. The predicted molar refractivity (Wildman–Crippen MR) is 124 cm³/mol. The van der Waals surface area contributed by atoms with Gasteiger partial charge in [-0.25, -0.2) is 28.5 Å². The van der Waals surface area contributed by atoms with Crippen molar-refractivity contribution in [2.24, 2.45) is 0 Å². The quantitative estimate of drug-likeness (QED) is 0.363. The summed E-state index contributed by atoms with van der Waals surface area (Å²) in [5, 5.41) is 0. The number of hydrogen-bond donors (Lipinski definition) is 1. The average molecular weight is 492 g/mol. The number of aromatic nitrogens is 5. The molecule has 1 aliphatic rings. The summed E-state index contributed by atoms with van der Waals surface area (Å²) in [7, 11) is 0. The Labute approximate surface area is 200 Å². The van der Waals surface area contributed by atoms with Gasteiger partial charge in [0.25, 0.3) is 0 Å². The predicted octanol–water partition coefficient (Wildman–Crippen LogP) is 3.92. The molecule has 0 saturated heterocycles. The molecule has 11 heteroatoms. The van der Waals surface area contributed by atoms with Crippen molar-refractivity contribution in [3.8, 4) is 22.6 Å².